The maximum Gasteiger partial charge on any atom is 0.150 e. The second-order valence-electron chi connectivity index (χ2n) is 3.40. The number of nitrogens with zero attached hydrogens (tertiary/aromatic N) is 1. The van der Waals surface area contributed by atoms with E-state index < -0.39 is 0 Å². The van der Waals surface area contributed by atoms with Gasteiger partial charge >= 0.3 is 0 Å². The van der Waals surface area contributed by atoms with E-state index in [4.69, 9.17) is 5.73 Å². The van der Waals surface area contributed by atoms with Gasteiger partial charge in [-0.15, -0.1) is 0 Å². The van der Waals surface area contributed by atoms with E-state index in [1.54, 1.807) is 18.3 Å². The summed E-state index contributed by atoms with van der Waals surface area (Å²) in [5.41, 5.74) is 7.29. The lowest BCUT2D eigenvalue weighted by Crippen LogP contribution is -2.18. The van der Waals surface area contributed by atoms with Crippen LogP contribution in [0.4, 0.5) is 0 Å². The van der Waals surface area contributed by atoms with Crippen molar-refractivity contribution in [2.75, 3.05) is 0 Å². The van der Waals surface area contributed by atoms with Crippen LogP contribution in [-0.2, 0) is 0 Å². The van der Waals surface area contributed by atoms with Gasteiger partial charge in [0.25, 0.3) is 0 Å². The zero-order valence-electron chi connectivity index (χ0n) is 7.90. The summed E-state index contributed by atoms with van der Waals surface area (Å²) in [6.45, 7) is 4.06. The summed E-state index contributed by atoms with van der Waals surface area (Å²) in [6.07, 6.45) is 2.42. The van der Waals surface area contributed by atoms with Crippen LogP contribution >= 0.6 is 0 Å². The van der Waals surface area contributed by atoms with Crippen molar-refractivity contribution in [1.29, 1.82) is 0 Å². The van der Waals surface area contributed by atoms with Crippen molar-refractivity contribution in [2.24, 2.45) is 11.7 Å². The molecule has 2 N–H and O–H groups in total. The smallest absolute Gasteiger partial charge is 0.150 e. The van der Waals surface area contributed by atoms with E-state index in [0.717, 1.165) is 12.0 Å². The summed E-state index contributed by atoms with van der Waals surface area (Å²) < 4.78 is 0. The largest absolute Gasteiger partial charge is 0.322 e. The molecule has 1 heterocycles. The molecular formula is C10H14N2O. The first-order valence-electron chi connectivity index (χ1n) is 4.32. The minimum Gasteiger partial charge on any atom is -0.322 e. The van der Waals surface area contributed by atoms with E-state index in [-0.39, 0.29) is 6.04 Å². The fourth-order valence-corrected chi connectivity index (χ4v) is 1.06. The number of nitrogens with two attached hydrogens (primary N) is 1. The van der Waals surface area contributed by atoms with Crippen LogP contribution in [-0.4, -0.2) is 11.3 Å². The van der Waals surface area contributed by atoms with Gasteiger partial charge in [-0.25, -0.2) is 0 Å². The van der Waals surface area contributed by atoms with Crippen molar-refractivity contribution in [3.63, 3.8) is 0 Å². The number of hydrogen-bond acceptors (Lipinski definition) is 3. The number of pyridine rings is 1. The van der Waals surface area contributed by atoms with Gasteiger partial charge in [0.15, 0.2) is 0 Å². The molecule has 0 saturated carbocycles. The molecule has 0 aliphatic heterocycles. The van der Waals surface area contributed by atoms with Crippen LogP contribution in [0.5, 0.6) is 0 Å². The average molecular weight is 178 g/mol. The molecule has 0 radical (unpaired) electrons. The van der Waals surface area contributed by atoms with E-state index in [0.29, 0.717) is 11.5 Å². The average Bonchev–Trinajstić information content (AvgIpc) is 2.16. The summed E-state index contributed by atoms with van der Waals surface area (Å²) in [4.78, 5) is 14.6. The van der Waals surface area contributed by atoms with Gasteiger partial charge in [0.1, 0.15) is 6.29 Å². The highest BCUT2D eigenvalue weighted by Crippen LogP contribution is 2.16. The minimum atomic E-state index is -0.0973. The van der Waals surface area contributed by atoms with Gasteiger partial charge in [0, 0.05) is 17.8 Å². The van der Waals surface area contributed by atoms with Crippen molar-refractivity contribution in [2.45, 2.75) is 19.9 Å². The first-order valence-corrected chi connectivity index (χ1v) is 4.32. The summed E-state index contributed by atoms with van der Waals surface area (Å²) in [5, 5.41) is 0. The molecule has 70 valence electrons. The molecule has 1 rings (SSSR count). The zero-order chi connectivity index (χ0) is 9.84. The quantitative estimate of drug-likeness (QED) is 0.714. The van der Waals surface area contributed by atoms with Crippen molar-refractivity contribution in [1.82, 2.24) is 4.98 Å². The Kier molecular flexibility index (Phi) is 3.14. The minimum absolute atomic E-state index is 0.0973. The highest BCUT2D eigenvalue weighted by molar-refractivity contribution is 5.74. The normalized spacial score (nSPS) is 12.9. The Morgan fingerprint density at radius 3 is 2.77 bits per heavy atom. The van der Waals surface area contributed by atoms with E-state index in [9.17, 15) is 4.79 Å². The predicted molar refractivity (Wildman–Crippen MR) is 51.4 cm³/mol. The third kappa shape index (κ3) is 2.36. The molecular weight excluding hydrogens is 164 g/mol. The fraction of sp³-hybridized carbons (Fsp3) is 0.400. The number of rotatable bonds is 3. The Bertz CT molecular complexity index is 297. The standard InChI is InChI=1S/C10H14N2O/c1-7(2)10(11)9-5-8(6-13)3-4-12-9/h3-7,10H,11H2,1-2H3/t10-/m0/s1. The fourth-order valence-electron chi connectivity index (χ4n) is 1.06. The van der Waals surface area contributed by atoms with Crippen LogP contribution in [0.15, 0.2) is 18.3 Å². The Balaban J connectivity index is 2.94. The first-order chi connectivity index (χ1) is 6.15. The molecule has 0 saturated heterocycles. The number of aldehydes is 1. The van der Waals surface area contributed by atoms with E-state index in [2.05, 4.69) is 4.98 Å². The molecule has 0 spiro atoms. The SMILES string of the molecule is CC(C)[C@H](N)c1cc(C=O)ccn1. The van der Waals surface area contributed by atoms with Crippen LogP contribution in [0.2, 0.25) is 0 Å². The third-order valence-corrected chi connectivity index (χ3v) is 2.00. The Labute approximate surface area is 78.0 Å². The summed E-state index contributed by atoms with van der Waals surface area (Å²) >= 11 is 0. The molecule has 13 heavy (non-hydrogen) atoms. The Morgan fingerprint density at radius 2 is 2.23 bits per heavy atom. The second-order valence-corrected chi connectivity index (χ2v) is 3.40. The molecule has 1 atom stereocenters. The second kappa shape index (κ2) is 4.14. The van der Waals surface area contributed by atoms with E-state index >= 15 is 0 Å². The van der Waals surface area contributed by atoms with Crippen molar-refractivity contribution in [3.8, 4) is 0 Å². The number of carbonyl (C=O) groups excluding carboxylic acids is 1. The predicted octanol–water partition coefficient (Wildman–Crippen LogP) is 1.55. The summed E-state index contributed by atoms with van der Waals surface area (Å²) in [5.74, 6) is 0.328. The lowest BCUT2D eigenvalue weighted by atomic mass is 10.0. The summed E-state index contributed by atoms with van der Waals surface area (Å²) in [6, 6.07) is 3.31. The third-order valence-electron chi connectivity index (χ3n) is 2.00. The molecule has 0 amide bonds. The van der Waals surface area contributed by atoms with Gasteiger partial charge in [-0.05, 0) is 18.1 Å². The van der Waals surface area contributed by atoms with Gasteiger partial charge in [-0.1, -0.05) is 13.8 Å². The van der Waals surface area contributed by atoms with Gasteiger partial charge in [0.05, 0.1) is 5.69 Å². The molecule has 0 fully saturated rings. The van der Waals surface area contributed by atoms with Crippen molar-refractivity contribution in [3.05, 3.63) is 29.6 Å². The first kappa shape index (κ1) is 9.86. The maximum atomic E-state index is 10.5. The Morgan fingerprint density at radius 1 is 1.54 bits per heavy atom. The van der Waals surface area contributed by atoms with Gasteiger partial charge in [-0.2, -0.15) is 0 Å². The van der Waals surface area contributed by atoms with Crippen LogP contribution in [0.25, 0.3) is 0 Å². The Hall–Kier alpha value is -1.22. The van der Waals surface area contributed by atoms with E-state index in [1.165, 1.54) is 0 Å². The van der Waals surface area contributed by atoms with Crippen LogP contribution in [0, 0.1) is 5.92 Å². The lowest BCUT2D eigenvalue weighted by molar-refractivity contribution is 0.112. The van der Waals surface area contributed by atoms with Crippen LogP contribution in [0.1, 0.15) is 35.9 Å². The number of hydrogen-bond donors (Lipinski definition) is 1. The molecule has 0 unspecified atom stereocenters. The number of carbonyl (C=O) groups is 1. The molecule has 1 aromatic heterocycles. The van der Waals surface area contributed by atoms with Gasteiger partial charge in [-0.3, -0.25) is 9.78 Å². The highest BCUT2D eigenvalue weighted by Gasteiger charge is 2.11. The topological polar surface area (TPSA) is 56.0 Å². The molecule has 3 heteroatoms. The van der Waals surface area contributed by atoms with Crippen molar-refractivity contribution >= 4 is 6.29 Å². The number of aromatic nitrogens is 1. The lowest BCUT2D eigenvalue weighted by Gasteiger charge is -2.14. The molecule has 0 aromatic carbocycles. The van der Waals surface area contributed by atoms with Crippen LogP contribution in [0.3, 0.4) is 0 Å². The monoisotopic (exact) mass is 178 g/mol. The summed E-state index contributed by atoms with van der Waals surface area (Å²) in [7, 11) is 0. The zero-order valence-corrected chi connectivity index (χ0v) is 7.90. The molecule has 0 bridgehead atoms. The van der Waals surface area contributed by atoms with E-state index in [1.807, 2.05) is 13.8 Å². The van der Waals surface area contributed by atoms with Gasteiger partial charge < -0.3 is 5.73 Å². The molecule has 3 nitrogen and oxygen atoms in total. The molecule has 0 aliphatic rings. The molecule has 1 aromatic rings. The molecule has 0 aliphatic carbocycles. The maximum absolute atomic E-state index is 10.5. The highest BCUT2D eigenvalue weighted by atomic mass is 16.1. The van der Waals surface area contributed by atoms with Gasteiger partial charge in [0.2, 0.25) is 0 Å². The van der Waals surface area contributed by atoms with Crippen LogP contribution < -0.4 is 5.73 Å². The van der Waals surface area contributed by atoms with Crippen molar-refractivity contribution < 1.29 is 4.79 Å².